The zero-order chi connectivity index (χ0) is 12.3. The van der Waals surface area contributed by atoms with Crippen LogP contribution in [0.15, 0.2) is 0 Å². The second-order valence-electron chi connectivity index (χ2n) is 5.87. The van der Waals surface area contributed by atoms with E-state index in [-0.39, 0.29) is 0 Å². The molecule has 0 bridgehead atoms. The lowest BCUT2D eigenvalue weighted by Gasteiger charge is -2.36. The Bertz CT molecular complexity index is 261. The van der Waals surface area contributed by atoms with Gasteiger partial charge in [0, 0.05) is 12.5 Å². The molecule has 1 heterocycles. The summed E-state index contributed by atoms with van der Waals surface area (Å²) >= 11 is 0. The Hall–Kier alpha value is -0.570. The second kappa shape index (κ2) is 5.85. The van der Waals surface area contributed by atoms with Gasteiger partial charge in [0.1, 0.15) is 0 Å². The van der Waals surface area contributed by atoms with Crippen LogP contribution in [-0.2, 0) is 4.79 Å². The molecule has 1 aliphatic heterocycles. The van der Waals surface area contributed by atoms with E-state index in [4.69, 9.17) is 5.11 Å². The first-order chi connectivity index (χ1) is 8.18. The largest absolute Gasteiger partial charge is 0.481 e. The fourth-order valence-corrected chi connectivity index (χ4v) is 3.94. The Morgan fingerprint density at radius 1 is 1.18 bits per heavy atom. The predicted octanol–water partition coefficient (Wildman–Crippen LogP) is 2.75. The van der Waals surface area contributed by atoms with E-state index in [2.05, 4.69) is 11.9 Å². The lowest BCUT2D eigenvalue weighted by Crippen LogP contribution is -2.42. The summed E-state index contributed by atoms with van der Waals surface area (Å²) in [6.07, 6.45) is 9.21. The van der Waals surface area contributed by atoms with E-state index in [9.17, 15) is 4.79 Å². The van der Waals surface area contributed by atoms with Crippen LogP contribution >= 0.6 is 0 Å². The fraction of sp³-hybridized carbons (Fsp3) is 0.929. The van der Waals surface area contributed by atoms with E-state index in [0.717, 1.165) is 18.9 Å². The molecule has 3 nitrogen and oxygen atoms in total. The van der Waals surface area contributed by atoms with E-state index in [1.807, 2.05) is 0 Å². The average Bonchev–Trinajstić information content (AvgIpc) is 2.71. The lowest BCUT2D eigenvalue weighted by molar-refractivity contribution is -0.138. The summed E-state index contributed by atoms with van der Waals surface area (Å²) in [5, 5.41) is 9.09. The van der Waals surface area contributed by atoms with Crippen molar-refractivity contribution in [3.8, 4) is 0 Å². The number of hydrogen-bond acceptors (Lipinski definition) is 2. The van der Waals surface area contributed by atoms with Crippen molar-refractivity contribution in [2.45, 2.75) is 57.4 Å². The van der Waals surface area contributed by atoms with E-state index in [1.54, 1.807) is 0 Å². The molecule has 1 aliphatic carbocycles. The highest BCUT2D eigenvalue weighted by Gasteiger charge is 2.36. The Morgan fingerprint density at radius 2 is 1.82 bits per heavy atom. The number of carboxylic acids is 1. The highest BCUT2D eigenvalue weighted by Crippen LogP contribution is 2.37. The van der Waals surface area contributed by atoms with Crippen LogP contribution in [0.1, 0.15) is 51.4 Å². The van der Waals surface area contributed by atoms with Crippen molar-refractivity contribution in [3.05, 3.63) is 0 Å². The third-order valence-corrected chi connectivity index (χ3v) is 4.65. The van der Waals surface area contributed by atoms with Crippen molar-refractivity contribution in [3.63, 3.8) is 0 Å². The number of carbonyl (C=O) groups is 1. The van der Waals surface area contributed by atoms with Crippen LogP contribution < -0.4 is 0 Å². The van der Waals surface area contributed by atoms with E-state index < -0.39 is 5.97 Å². The maximum Gasteiger partial charge on any atom is 0.303 e. The number of aliphatic carboxylic acids is 1. The van der Waals surface area contributed by atoms with E-state index in [1.165, 1.54) is 38.5 Å². The fourth-order valence-electron chi connectivity index (χ4n) is 3.94. The molecule has 2 atom stereocenters. The summed E-state index contributed by atoms with van der Waals surface area (Å²) in [5.41, 5.74) is 0. The van der Waals surface area contributed by atoms with Gasteiger partial charge in [0.05, 0.1) is 0 Å². The molecule has 0 radical (unpaired) electrons. The van der Waals surface area contributed by atoms with Crippen LogP contribution in [0.5, 0.6) is 0 Å². The van der Waals surface area contributed by atoms with Crippen molar-refractivity contribution in [2.75, 3.05) is 13.6 Å². The molecule has 0 unspecified atom stereocenters. The summed E-state index contributed by atoms with van der Waals surface area (Å²) in [5.74, 6) is 0.513. The summed E-state index contributed by atoms with van der Waals surface area (Å²) in [7, 11) is 2.20. The predicted molar refractivity (Wildman–Crippen MR) is 68.0 cm³/mol. The molecule has 1 saturated heterocycles. The van der Waals surface area contributed by atoms with Crippen LogP contribution in [0, 0.1) is 11.8 Å². The van der Waals surface area contributed by atoms with Gasteiger partial charge >= 0.3 is 5.97 Å². The van der Waals surface area contributed by atoms with Crippen molar-refractivity contribution >= 4 is 5.97 Å². The summed E-state index contributed by atoms with van der Waals surface area (Å²) < 4.78 is 0. The second-order valence-corrected chi connectivity index (χ2v) is 5.87. The van der Waals surface area contributed by atoms with Crippen LogP contribution in [0.4, 0.5) is 0 Å². The van der Waals surface area contributed by atoms with Gasteiger partial charge in [0.15, 0.2) is 0 Å². The van der Waals surface area contributed by atoms with Crippen molar-refractivity contribution in [1.29, 1.82) is 0 Å². The topological polar surface area (TPSA) is 40.5 Å². The molecule has 2 aliphatic rings. The molecule has 1 N–H and O–H groups in total. The van der Waals surface area contributed by atoms with Crippen molar-refractivity contribution in [1.82, 2.24) is 4.90 Å². The first-order valence-corrected chi connectivity index (χ1v) is 7.10. The first-order valence-electron chi connectivity index (χ1n) is 7.10. The van der Waals surface area contributed by atoms with E-state index in [0.29, 0.717) is 18.4 Å². The third-order valence-electron chi connectivity index (χ3n) is 4.65. The standard InChI is InChI=1S/C14H25NO2/c1-15-9-5-4-8-12(10-13(16)17)14(15)11-6-2-3-7-11/h11-12,14H,2-10H2,1H3,(H,16,17)/t12-,14-/m1/s1. The number of carboxylic acid groups (broad SMARTS) is 1. The number of rotatable bonds is 3. The van der Waals surface area contributed by atoms with Gasteiger partial charge in [-0.15, -0.1) is 0 Å². The molecule has 2 rings (SSSR count). The number of likely N-dealkylation sites (tertiary alicyclic amines) is 1. The van der Waals surface area contributed by atoms with Gasteiger partial charge < -0.3 is 10.0 Å². The quantitative estimate of drug-likeness (QED) is 0.823. The molecule has 17 heavy (non-hydrogen) atoms. The molecule has 3 heteroatoms. The molecule has 2 fully saturated rings. The Labute approximate surface area is 104 Å². The van der Waals surface area contributed by atoms with Gasteiger partial charge in [-0.3, -0.25) is 4.79 Å². The molecule has 98 valence electrons. The van der Waals surface area contributed by atoms with Gasteiger partial charge in [-0.1, -0.05) is 19.3 Å². The monoisotopic (exact) mass is 239 g/mol. The maximum absolute atomic E-state index is 11.0. The molecular formula is C14H25NO2. The lowest BCUT2D eigenvalue weighted by atomic mass is 9.82. The molecule has 1 saturated carbocycles. The summed E-state index contributed by atoms with van der Waals surface area (Å²) in [6, 6.07) is 0.524. The Kier molecular flexibility index (Phi) is 4.43. The molecule has 0 aromatic rings. The zero-order valence-electron chi connectivity index (χ0n) is 10.9. The van der Waals surface area contributed by atoms with Gasteiger partial charge in [0.25, 0.3) is 0 Å². The minimum absolute atomic E-state index is 0.367. The summed E-state index contributed by atoms with van der Waals surface area (Å²) in [6.45, 7) is 1.15. The molecule has 0 aromatic heterocycles. The maximum atomic E-state index is 11.0. The highest BCUT2D eigenvalue weighted by atomic mass is 16.4. The van der Waals surface area contributed by atoms with Gasteiger partial charge in [-0.05, 0) is 51.1 Å². The zero-order valence-corrected chi connectivity index (χ0v) is 10.9. The molecule has 0 aromatic carbocycles. The van der Waals surface area contributed by atoms with Crippen molar-refractivity contribution in [2.24, 2.45) is 11.8 Å². The Morgan fingerprint density at radius 3 is 2.47 bits per heavy atom. The molecule has 0 amide bonds. The van der Waals surface area contributed by atoms with Crippen LogP contribution in [0.2, 0.25) is 0 Å². The van der Waals surface area contributed by atoms with Crippen LogP contribution in [0.3, 0.4) is 0 Å². The minimum atomic E-state index is -0.617. The SMILES string of the molecule is CN1CCCC[C@H](CC(=O)O)[C@H]1C1CCCC1. The highest BCUT2D eigenvalue weighted by molar-refractivity contribution is 5.67. The first kappa shape index (κ1) is 12.9. The van der Waals surface area contributed by atoms with Crippen LogP contribution in [0.25, 0.3) is 0 Å². The van der Waals surface area contributed by atoms with Gasteiger partial charge in [0.2, 0.25) is 0 Å². The minimum Gasteiger partial charge on any atom is -0.481 e. The normalized spacial score (nSPS) is 32.5. The molecular weight excluding hydrogens is 214 g/mol. The number of hydrogen-bond donors (Lipinski definition) is 1. The third kappa shape index (κ3) is 3.21. The van der Waals surface area contributed by atoms with Crippen molar-refractivity contribution < 1.29 is 9.90 Å². The number of nitrogens with zero attached hydrogens (tertiary/aromatic N) is 1. The van der Waals surface area contributed by atoms with E-state index >= 15 is 0 Å². The summed E-state index contributed by atoms with van der Waals surface area (Å²) in [4.78, 5) is 13.5. The van der Waals surface area contributed by atoms with Gasteiger partial charge in [-0.2, -0.15) is 0 Å². The van der Waals surface area contributed by atoms with Gasteiger partial charge in [-0.25, -0.2) is 0 Å². The smallest absolute Gasteiger partial charge is 0.303 e. The Balaban J connectivity index is 2.09. The molecule has 0 spiro atoms. The average molecular weight is 239 g/mol. The van der Waals surface area contributed by atoms with Crippen LogP contribution in [-0.4, -0.2) is 35.6 Å².